The fraction of sp³-hybridized carbons (Fsp3) is 0.500. The molecular weight excluding hydrogens is 292 g/mol. The van der Waals surface area contributed by atoms with Crippen molar-refractivity contribution in [2.75, 3.05) is 12.3 Å². The summed E-state index contributed by atoms with van der Waals surface area (Å²) in [4.78, 5) is 11.1. The van der Waals surface area contributed by atoms with E-state index in [2.05, 4.69) is 0 Å². The molecule has 0 aliphatic carbocycles. The molecule has 21 heavy (non-hydrogen) atoms. The molecule has 0 saturated carbocycles. The van der Waals surface area contributed by atoms with Crippen molar-refractivity contribution < 1.29 is 18.3 Å². The van der Waals surface area contributed by atoms with Crippen LogP contribution in [0.25, 0.3) is 0 Å². The minimum Gasteiger partial charge on any atom is -0.478 e. The van der Waals surface area contributed by atoms with E-state index in [0.717, 1.165) is 12.8 Å². The normalized spacial score (nSPS) is 23.9. The zero-order valence-corrected chi connectivity index (χ0v) is 12.9. The molecular formula is C14H20N2O4S. The monoisotopic (exact) mass is 312 g/mol. The summed E-state index contributed by atoms with van der Waals surface area (Å²) < 4.78 is 27.0. The van der Waals surface area contributed by atoms with Gasteiger partial charge in [0.25, 0.3) is 0 Å². The number of aromatic carboxylic acids is 1. The quantitative estimate of drug-likeness (QED) is 0.828. The van der Waals surface area contributed by atoms with Gasteiger partial charge in [-0.05, 0) is 43.9 Å². The van der Waals surface area contributed by atoms with Crippen molar-refractivity contribution in [3.63, 3.8) is 0 Å². The van der Waals surface area contributed by atoms with Crippen LogP contribution < -0.4 is 5.73 Å². The van der Waals surface area contributed by atoms with Gasteiger partial charge in [-0.2, -0.15) is 4.31 Å². The van der Waals surface area contributed by atoms with E-state index in [1.807, 2.05) is 13.8 Å². The lowest BCUT2D eigenvalue weighted by Gasteiger charge is -2.35. The molecule has 0 radical (unpaired) electrons. The van der Waals surface area contributed by atoms with Gasteiger partial charge < -0.3 is 10.8 Å². The van der Waals surface area contributed by atoms with Crippen LogP contribution in [0.3, 0.4) is 0 Å². The van der Waals surface area contributed by atoms with Crippen molar-refractivity contribution in [1.82, 2.24) is 4.31 Å². The number of nitrogens with zero attached hydrogens (tertiary/aromatic N) is 1. The third kappa shape index (κ3) is 3.03. The number of nitrogen functional groups attached to an aromatic ring is 1. The van der Waals surface area contributed by atoms with E-state index in [0.29, 0.717) is 6.54 Å². The highest BCUT2D eigenvalue weighted by Crippen LogP contribution is 2.30. The second-order valence-electron chi connectivity index (χ2n) is 5.67. The summed E-state index contributed by atoms with van der Waals surface area (Å²) >= 11 is 0. The highest BCUT2D eigenvalue weighted by Gasteiger charge is 2.35. The average Bonchev–Trinajstić information content (AvgIpc) is 2.41. The molecule has 2 atom stereocenters. The molecule has 0 spiro atoms. The van der Waals surface area contributed by atoms with Crippen LogP contribution >= 0.6 is 0 Å². The maximum absolute atomic E-state index is 12.8. The summed E-state index contributed by atoms with van der Waals surface area (Å²) in [6, 6.07) is 3.72. The summed E-state index contributed by atoms with van der Waals surface area (Å²) in [6.07, 6.45) is 1.74. The Hall–Kier alpha value is -1.60. The highest BCUT2D eigenvalue weighted by atomic mass is 32.2. The first-order valence-corrected chi connectivity index (χ1v) is 8.32. The van der Waals surface area contributed by atoms with Gasteiger partial charge in [0, 0.05) is 18.3 Å². The van der Waals surface area contributed by atoms with Gasteiger partial charge in [-0.3, -0.25) is 0 Å². The van der Waals surface area contributed by atoms with Gasteiger partial charge >= 0.3 is 5.97 Å². The van der Waals surface area contributed by atoms with Crippen LogP contribution in [0.5, 0.6) is 0 Å². The number of hydrogen-bond donors (Lipinski definition) is 2. The van der Waals surface area contributed by atoms with Gasteiger partial charge in [0.05, 0.1) is 10.5 Å². The van der Waals surface area contributed by atoms with Crippen molar-refractivity contribution in [3.05, 3.63) is 23.8 Å². The molecule has 1 fully saturated rings. The van der Waals surface area contributed by atoms with Gasteiger partial charge in [-0.1, -0.05) is 6.92 Å². The van der Waals surface area contributed by atoms with Gasteiger partial charge in [0.2, 0.25) is 10.0 Å². The number of carboxylic acids is 1. The Balaban J connectivity index is 2.53. The zero-order valence-electron chi connectivity index (χ0n) is 12.1. The van der Waals surface area contributed by atoms with Crippen LogP contribution in [0.1, 0.15) is 37.0 Å². The summed E-state index contributed by atoms with van der Waals surface area (Å²) in [5, 5.41) is 9.21. The predicted molar refractivity (Wildman–Crippen MR) is 79.6 cm³/mol. The molecule has 2 unspecified atom stereocenters. The van der Waals surface area contributed by atoms with Gasteiger partial charge in [-0.25, -0.2) is 13.2 Å². The first-order chi connectivity index (χ1) is 9.73. The van der Waals surface area contributed by atoms with Gasteiger partial charge in [0.1, 0.15) is 0 Å². The predicted octanol–water partition coefficient (Wildman–Crippen LogP) is 1.78. The molecule has 0 amide bonds. The van der Waals surface area contributed by atoms with Gasteiger partial charge in [0.15, 0.2) is 0 Å². The third-order valence-corrected chi connectivity index (χ3v) is 5.90. The van der Waals surface area contributed by atoms with Crippen molar-refractivity contribution in [2.24, 2.45) is 5.92 Å². The first-order valence-electron chi connectivity index (χ1n) is 6.88. The second kappa shape index (κ2) is 5.65. The van der Waals surface area contributed by atoms with E-state index in [9.17, 15) is 18.3 Å². The fourth-order valence-electron chi connectivity index (χ4n) is 2.64. The van der Waals surface area contributed by atoms with E-state index in [-0.39, 0.29) is 28.1 Å². The maximum Gasteiger partial charge on any atom is 0.337 e. The van der Waals surface area contributed by atoms with Crippen LogP contribution in [0.4, 0.5) is 5.69 Å². The number of hydrogen-bond acceptors (Lipinski definition) is 4. The van der Waals surface area contributed by atoms with Crippen LogP contribution in [-0.2, 0) is 10.0 Å². The molecule has 0 bridgehead atoms. The second-order valence-corrected chi connectivity index (χ2v) is 7.53. The Bertz CT molecular complexity index is 657. The van der Waals surface area contributed by atoms with Crippen molar-refractivity contribution in [1.29, 1.82) is 0 Å². The molecule has 1 heterocycles. The Morgan fingerprint density at radius 1 is 1.33 bits per heavy atom. The van der Waals surface area contributed by atoms with E-state index < -0.39 is 16.0 Å². The molecule has 1 aromatic carbocycles. The summed E-state index contributed by atoms with van der Waals surface area (Å²) in [7, 11) is -3.87. The standard InChI is InChI=1S/C14H20N2O4S/c1-9-3-4-10(2)16(8-9)21(19,20)13-7-11(15)5-6-12(13)14(17)18/h5-7,9-10H,3-4,8,15H2,1-2H3,(H,17,18). The van der Waals surface area contributed by atoms with Crippen molar-refractivity contribution in [2.45, 2.75) is 37.6 Å². The number of benzene rings is 1. The lowest BCUT2D eigenvalue weighted by atomic mass is 9.97. The summed E-state index contributed by atoms with van der Waals surface area (Å²) in [5.41, 5.74) is 5.63. The van der Waals surface area contributed by atoms with Crippen LogP contribution in [0.15, 0.2) is 23.1 Å². The largest absolute Gasteiger partial charge is 0.478 e. The number of carboxylic acid groups (broad SMARTS) is 1. The molecule has 1 aromatic rings. The summed E-state index contributed by atoms with van der Waals surface area (Å²) in [5.74, 6) is -1.02. The highest BCUT2D eigenvalue weighted by molar-refractivity contribution is 7.89. The topological polar surface area (TPSA) is 101 Å². The molecule has 3 N–H and O–H groups in total. The van der Waals surface area contributed by atoms with E-state index in [4.69, 9.17) is 5.73 Å². The number of carbonyl (C=O) groups is 1. The first kappa shape index (κ1) is 15.8. The van der Waals surface area contributed by atoms with Crippen molar-refractivity contribution in [3.8, 4) is 0 Å². The maximum atomic E-state index is 12.8. The minimum atomic E-state index is -3.87. The molecule has 1 saturated heterocycles. The molecule has 6 nitrogen and oxygen atoms in total. The molecule has 116 valence electrons. The van der Waals surface area contributed by atoms with E-state index >= 15 is 0 Å². The average molecular weight is 312 g/mol. The molecule has 7 heteroatoms. The number of nitrogens with two attached hydrogens (primary N) is 1. The molecule has 1 aliphatic heterocycles. The smallest absolute Gasteiger partial charge is 0.337 e. The Labute approximate surface area is 124 Å². The number of rotatable bonds is 3. The number of anilines is 1. The lowest BCUT2D eigenvalue weighted by Crippen LogP contribution is -2.45. The van der Waals surface area contributed by atoms with Crippen LogP contribution in [-0.4, -0.2) is 36.4 Å². The fourth-order valence-corrected chi connectivity index (χ4v) is 4.64. The van der Waals surface area contributed by atoms with Crippen molar-refractivity contribution >= 4 is 21.7 Å². The molecule has 1 aliphatic rings. The molecule has 0 aromatic heterocycles. The molecule has 2 rings (SSSR count). The van der Waals surface area contributed by atoms with E-state index in [1.165, 1.54) is 22.5 Å². The van der Waals surface area contributed by atoms with E-state index in [1.54, 1.807) is 0 Å². The lowest BCUT2D eigenvalue weighted by molar-refractivity contribution is 0.0692. The van der Waals surface area contributed by atoms with Crippen LogP contribution in [0, 0.1) is 5.92 Å². The van der Waals surface area contributed by atoms with Gasteiger partial charge in [-0.15, -0.1) is 0 Å². The summed E-state index contributed by atoms with van der Waals surface area (Å²) in [6.45, 7) is 4.24. The van der Waals surface area contributed by atoms with Crippen LogP contribution in [0.2, 0.25) is 0 Å². The Morgan fingerprint density at radius 3 is 2.62 bits per heavy atom. The minimum absolute atomic E-state index is 0.144. The Morgan fingerprint density at radius 2 is 2.00 bits per heavy atom. The third-order valence-electron chi connectivity index (χ3n) is 3.88. The Kier molecular flexibility index (Phi) is 4.25. The number of sulfonamides is 1. The zero-order chi connectivity index (χ0) is 15.8. The SMILES string of the molecule is CC1CCC(C)N(S(=O)(=O)c2cc(N)ccc2C(=O)O)C1. The number of piperidine rings is 1.